The van der Waals surface area contributed by atoms with Crippen LogP contribution in [-0.4, -0.2) is 75.6 Å². The number of nitrogens with zero attached hydrogens (tertiary/aromatic N) is 4. The van der Waals surface area contributed by atoms with Crippen molar-refractivity contribution in [3.63, 3.8) is 0 Å². The van der Waals surface area contributed by atoms with Crippen LogP contribution in [0.1, 0.15) is 98.5 Å². The highest BCUT2D eigenvalue weighted by atomic mass is 32.1. The molecule has 0 bridgehead atoms. The third-order valence-corrected chi connectivity index (χ3v) is 11.5. The van der Waals surface area contributed by atoms with Crippen LogP contribution < -0.4 is 4.74 Å². The van der Waals surface area contributed by atoms with Crippen LogP contribution in [-0.2, 0) is 26.7 Å². The van der Waals surface area contributed by atoms with Crippen molar-refractivity contribution in [2.24, 2.45) is 5.41 Å². The number of carbonyl (C=O) groups excluding carboxylic acids is 2. The van der Waals surface area contributed by atoms with Crippen LogP contribution in [0.4, 0.5) is 26.3 Å². The van der Waals surface area contributed by atoms with Gasteiger partial charge in [0.25, 0.3) is 11.8 Å². The van der Waals surface area contributed by atoms with Crippen LogP contribution in [0.25, 0.3) is 0 Å². The van der Waals surface area contributed by atoms with Gasteiger partial charge in [0.05, 0.1) is 29.7 Å². The minimum absolute atomic E-state index is 0.0176. The number of halogens is 6. The molecule has 1 aliphatic carbocycles. The molecule has 1 N–H and O–H groups in total. The van der Waals surface area contributed by atoms with E-state index < -0.39 is 63.3 Å². The van der Waals surface area contributed by atoms with Gasteiger partial charge in [0.2, 0.25) is 5.60 Å². The lowest BCUT2D eigenvalue weighted by Gasteiger charge is -2.51. The summed E-state index contributed by atoms with van der Waals surface area (Å²) in [6.45, 7) is 2.02. The van der Waals surface area contributed by atoms with Gasteiger partial charge in [0.1, 0.15) is 22.1 Å². The molecule has 17 heteroatoms. The summed E-state index contributed by atoms with van der Waals surface area (Å²) < 4.78 is 95.9. The standard InChI is InChI=1S/C40H44F6N4O6S/c1-2-11-31-38(56-27-24-32(57-25-27)40(44,45)46,16-10-20-50(31)35(53)34-29(39(41,42)43)13-9-19-48-34)36(54)49-21-17-37(26-47,18-22-49)28-12-5-3-6-14-30(28)55-23-8-4-7-15-33(51)52/h5-6,9,12-14,19,24-25,31H,2-4,7-8,10-11,15-18,20-23H2,1H3,(H,51,52)/t31-,38+/m1/s1. The molecule has 2 atom stereocenters. The van der Waals surface area contributed by atoms with E-state index in [0.29, 0.717) is 54.8 Å². The zero-order valence-corrected chi connectivity index (χ0v) is 32.1. The fourth-order valence-electron chi connectivity index (χ4n) is 7.75. The minimum Gasteiger partial charge on any atom is -0.493 e. The average molecular weight is 823 g/mol. The van der Waals surface area contributed by atoms with Crippen LogP contribution in [0.5, 0.6) is 5.75 Å². The molecule has 2 aromatic heterocycles. The number of ether oxygens (including phenoxy) is 2. The Morgan fingerprint density at radius 3 is 2.42 bits per heavy atom. The Balaban J connectivity index is 1.47. The number of aliphatic carboxylic acids is 1. The van der Waals surface area contributed by atoms with E-state index in [1.54, 1.807) is 13.0 Å². The molecule has 2 saturated heterocycles. The quantitative estimate of drug-likeness (QED) is 0.148. The van der Waals surface area contributed by atoms with Gasteiger partial charge >= 0.3 is 18.3 Å². The fourth-order valence-corrected chi connectivity index (χ4v) is 8.42. The molecule has 57 heavy (non-hydrogen) atoms. The van der Waals surface area contributed by atoms with Gasteiger partial charge in [0, 0.05) is 55.7 Å². The molecule has 0 spiro atoms. The number of alkyl halides is 6. The Morgan fingerprint density at radius 2 is 1.77 bits per heavy atom. The topological polar surface area (TPSA) is 133 Å². The summed E-state index contributed by atoms with van der Waals surface area (Å²) in [7, 11) is 0. The van der Waals surface area contributed by atoms with Crippen molar-refractivity contribution in [1.82, 2.24) is 14.8 Å². The number of piperidine rings is 2. The second-order valence-corrected chi connectivity index (χ2v) is 15.2. The first-order chi connectivity index (χ1) is 27.1. The Labute approximate surface area is 330 Å². The molecule has 0 radical (unpaired) electrons. The number of allylic oxidation sites excluding steroid dienone is 5. The summed E-state index contributed by atoms with van der Waals surface area (Å²) in [5, 5.41) is 20.7. The lowest BCUT2D eigenvalue weighted by Crippen LogP contribution is -2.68. The summed E-state index contributed by atoms with van der Waals surface area (Å²) in [4.78, 5) is 45.4. The number of carboxylic acids is 1. The van der Waals surface area contributed by atoms with Crippen LogP contribution in [0, 0.1) is 16.7 Å². The van der Waals surface area contributed by atoms with Crippen molar-refractivity contribution in [1.29, 1.82) is 5.26 Å². The molecular weight excluding hydrogens is 779 g/mol. The summed E-state index contributed by atoms with van der Waals surface area (Å²) in [5.74, 6) is -2.39. The number of hydrogen-bond donors (Lipinski definition) is 1. The van der Waals surface area contributed by atoms with Gasteiger partial charge in [-0.1, -0.05) is 31.6 Å². The summed E-state index contributed by atoms with van der Waals surface area (Å²) >= 11 is 0.366. The first kappa shape index (κ1) is 43.3. The maximum absolute atomic E-state index is 15.0. The minimum atomic E-state index is -4.92. The number of amides is 2. The number of likely N-dealkylation sites (tertiary alicyclic amines) is 2. The molecule has 4 heterocycles. The third-order valence-electron chi connectivity index (χ3n) is 10.5. The molecule has 5 rings (SSSR count). The molecule has 308 valence electrons. The van der Waals surface area contributed by atoms with Gasteiger partial charge in [0.15, 0.2) is 0 Å². The van der Waals surface area contributed by atoms with Gasteiger partial charge < -0.3 is 24.4 Å². The molecule has 2 amide bonds. The zero-order chi connectivity index (χ0) is 41.4. The number of pyridine rings is 1. The fraction of sp³-hybridized carbons (Fsp3) is 0.525. The van der Waals surface area contributed by atoms with Crippen LogP contribution in [0.3, 0.4) is 0 Å². The van der Waals surface area contributed by atoms with Crippen LogP contribution in [0.15, 0.2) is 65.4 Å². The first-order valence-electron chi connectivity index (χ1n) is 18.9. The second kappa shape index (κ2) is 18.2. The van der Waals surface area contributed by atoms with Crippen LogP contribution in [0.2, 0.25) is 0 Å². The normalized spacial score (nSPS) is 21.2. The van der Waals surface area contributed by atoms with E-state index in [0.717, 1.165) is 34.7 Å². The number of unbranched alkanes of at least 4 members (excludes halogenated alkanes) is 2. The second-order valence-electron chi connectivity index (χ2n) is 14.3. The molecule has 3 aliphatic rings. The Morgan fingerprint density at radius 1 is 1.04 bits per heavy atom. The van der Waals surface area contributed by atoms with E-state index in [1.807, 2.05) is 18.2 Å². The Kier molecular flexibility index (Phi) is 13.8. The van der Waals surface area contributed by atoms with Gasteiger partial charge in [-0.15, -0.1) is 11.3 Å². The number of carboxylic acid groups (broad SMARTS) is 1. The summed E-state index contributed by atoms with van der Waals surface area (Å²) in [5.41, 5.74) is -4.60. The lowest BCUT2D eigenvalue weighted by molar-refractivity contribution is -0.161. The largest absolute Gasteiger partial charge is 0.493 e. The van der Waals surface area contributed by atoms with Crippen molar-refractivity contribution in [3.8, 4) is 11.8 Å². The Hall–Kier alpha value is -4.85. The van der Waals surface area contributed by atoms with Gasteiger partial charge in [-0.3, -0.25) is 19.4 Å². The maximum atomic E-state index is 15.0. The van der Waals surface area contributed by atoms with E-state index in [1.165, 1.54) is 4.90 Å². The van der Waals surface area contributed by atoms with Crippen LogP contribution >= 0.6 is 11.3 Å². The van der Waals surface area contributed by atoms with E-state index in [9.17, 15) is 41.2 Å². The van der Waals surface area contributed by atoms with E-state index in [2.05, 4.69) is 11.1 Å². The summed E-state index contributed by atoms with van der Waals surface area (Å²) in [6, 6.07) is 3.82. The molecule has 2 aromatic rings. The molecule has 10 nitrogen and oxygen atoms in total. The molecule has 2 aliphatic heterocycles. The molecule has 0 unspecified atom stereocenters. The maximum Gasteiger partial charge on any atom is 0.425 e. The number of carbonyl (C=O) groups is 3. The van der Waals surface area contributed by atoms with Crippen molar-refractivity contribution in [2.45, 2.75) is 102 Å². The van der Waals surface area contributed by atoms with Gasteiger partial charge in [-0.2, -0.15) is 31.6 Å². The Bertz CT molecular complexity index is 1910. The SMILES string of the molecule is CCC[C@H]1N(C(=O)c2ncccc2C(F)(F)F)CCC[C@@]1(Oc1csc(C(F)(F)F)c1)C(=O)N1CCC(C#N)(C2=C(OCCCCCC(=O)O)C=CCC=C2)CC1. The monoisotopic (exact) mass is 822 g/mol. The lowest BCUT2D eigenvalue weighted by atomic mass is 9.72. The average Bonchev–Trinajstić information content (AvgIpc) is 3.53. The third kappa shape index (κ3) is 9.82. The zero-order valence-electron chi connectivity index (χ0n) is 31.3. The number of nitriles is 1. The first-order valence-corrected chi connectivity index (χ1v) is 19.8. The predicted molar refractivity (Wildman–Crippen MR) is 197 cm³/mol. The van der Waals surface area contributed by atoms with Gasteiger partial charge in [-0.05, 0) is 69.6 Å². The summed E-state index contributed by atoms with van der Waals surface area (Å²) in [6.07, 6.45) is 1.90. The van der Waals surface area contributed by atoms with Gasteiger partial charge in [-0.25, -0.2) is 0 Å². The van der Waals surface area contributed by atoms with Crippen molar-refractivity contribution < 1.29 is 55.3 Å². The highest BCUT2D eigenvalue weighted by Gasteiger charge is 2.57. The number of aromatic nitrogens is 1. The predicted octanol–water partition coefficient (Wildman–Crippen LogP) is 8.97. The highest BCUT2D eigenvalue weighted by molar-refractivity contribution is 7.10. The number of hydrogen-bond acceptors (Lipinski definition) is 8. The smallest absolute Gasteiger partial charge is 0.425 e. The van der Waals surface area contributed by atoms with Crippen molar-refractivity contribution in [3.05, 3.63) is 81.5 Å². The van der Waals surface area contributed by atoms with E-state index >= 15 is 4.79 Å². The number of thiophene rings is 1. The van der Waals surface area contributed by atoms with Crippen molar-refractivity contribution >= 4 is 29.1 Å². The number of rotatable bonds is 14. The molecule has 0 aromatic carbocycles. The molecular formula is C40H44F6N4O6S. The molecule has 0 saturated carbocycles. The van der Waals surface area contributed by atoms with E-state index in [4.69, 9.17) is 14.6 Å². The molecule has 2 fully saturated rings. The highest BCUT2D eigenvalue weighted by Crippen LogP contribution is 2.46. The van der Waals surface area contributed by atoms with Crippen molar-refractivity contribution in [2.75, 3.05) is 26.2 Å². The van der Waals surface area contributed by atoms with E-state index in [-0.39, 0.29) is 70.5 Å².